The molecule has 0 saturated carbocycles. The van der Waals surface area contributed by atoms with Gasteiger partial charge in [0.25, 0.3) is 0 Å². The van der Waals surface area contributed by atoms with Crippen molar-refractivity contribution in [1.82, 2.24) is 14.9 Å². The summed E-state index contributed by atoms with van der Waals surface area (Å²) in [4.78, 5) is 23.3. The van der Waals surface area contributed by atoms with Gasteiger partial charge in [0.2, 0.25) is 0 Å². The van der Waals surface area contributed by atoms with Gasteiger partial charge in [0.1, 0.15) is 5.69 Å². The highest BCUT2D eigenvalue weighted by molar-refractivity contribution is 6.30. The van der Waals surface area contributed by atoms with E-state index in [1.54, 1.807) is 12.1 Å². The minimum atomic E-state index is -0.0525. The largest absolute Gasteiger partial charge is 0.306 e. The predicted octanol–water partition coefficient (Wildman–Crippen LogP) is 3.66. The average Bonchev–Trinajstić information content (AvgIpc) is 2.58. The molecular weight excluding hydrogens is 322 g/mol. The van der Waals surface area contributed by atoms with Crippen LogP contribution in [0, 0.1) is 0 Å². The minimum absolute atomic E-state index is 0.0525. The molecule has 0 N–H and O–H groups in total. The fraction of sp³-hybridized carbons (Fsp3) is 0.316. The molecule has 0 aromatic carbocycles. The average molecular weight is 342 g/mol. The van der Waals surface area contributed by atoms with Gasteiger partial charge in [0.15, 0.2) is 5.78 Å². The number of aromatic nitrogens is 2. The number of hydrogen-bond donors (Lipinski definition) is 0. The molecule has 1 saturated heterocycles. The van der Waals surface area contributed by atoms with Gasteiger partial charge in [-0.25, -0.2) is 0 Å². The molecule has 2 aromatic heterocycles. The number of hydrogen-bond acceptors (Lipinski definition) is 4. The Labute approximate surface area is 147 Å². The molecule has 1 aliphatic heterocycles. The van der Waals surface area contributed by atoms with Gasteiger partial charge in [0, 0.05) is 25.0 Å². The van der Waals surface area contributed by atoms with E-state index < -0.39 is 0 Å². The van der Waals surface area contributed by atoms with Crippen LogP contribution >= 0.6 is 11.6 Å². The highest BCUT2D eigenvalue weighted by atomic mass is 35.5. The first-order valence-electron chi connectivity index (χ1n) is 8.09. The molecule has 0 atom stereocenters. The van der Waals surface area contributed by atoms with Gasteiger partial charge < -0.3 is 4.90 Å². The van der Waals surface area contributed by atoms with E-state index in [0.29, 0.717) is 10.7 Å². The van der Waals surface area contributed by atoms with Crippen LogP contribution in [0.3, 0.4) is 0 Å². The second-order valence-corrected chi connectivity index (χ2v) is 6.56. The third-order valence-corrected chi connectivity index (χ3v) is 4.39. The van der Waals surface area contributed by atoms with Crippen molar-refractivity contribution in [3.63, 3.8) is 0 Å². The standard InChI is InChI=1S/C19H20ClN3O/c1-23-9-7-14(8-10-23)11-16-3-2-4-17(22-16)12-19(24)18-6-5-15(20)13-21-18/h2-6,11,13H,7-10,12H2,1H3. The number of carbonyl (C=O) groups excluding carboxylic acids is 1. The molecular formula is C19H20ClN3O. The first kappa shape index (κ1) is 16.8. The zero-order chi connectivity index (χ0) is 16.9. The Hall–Kier alpha value is -2.04. The van der Waals surface area contributed by atoms with E-state index in [1.165, 1.54) is 11.8 Å². The fourth-order valence-electron chi connectivity index (χ4n) is 2.73. The molecule has 5 heteroatoms. The summed E-state index contributed by atoms with van der Waals surface area (Å²) in [5, 5.41) is 0.524. The molecule has 2 aromatic rings. The molecule has 0 radical (unpaired) electrons. The maximum Gasteiger partial charge on any atom is 0.187 e. The van der Waals surface area contributed by atoms with Crippen LogP contribution in [0.1, 0.15) is 34.7 Å². The van der Waals surface area contributed by atoms with E-state index in [4.69, 9.17) is 11.6 Å². The summed E-state index contributed by atoms with van der Waals surface area (Å²) in [6, 6.07) is 9.14. The molecule has 1 aliphatic rings. The molecule has 3 rings (SSSR count). The van der Waals surface area contributed by atoms with Crippen molar-refractivity contribution >= 4 is 23.5 Å². The van der Waals surface area contributed by atoms with Crippen molar-refractivity contribution < 1.29 is 4.79 Å². The van der Waals surface area contributed by atoms with Crippen molar-refractivity contribution in [3.8, 4) is 0 Å². The van der Waals surface area contributed by atoms with Crippen molar-refractivity contribution in [2.75, 3.05) is 20.1 Å². The van der Waals surface area contributed by atoms with Gasteiger partial charge in [-0.3, -0.25) is 14.8 Å². The van der Waals surface area contributed by atoms with E-state index in [2.05, 4.69) is 28.0 Å². The number of piperidine rings is 1. The monoisotopic (exact) mass is 341 g/mol. The summed E-state index contributed by atoms with van der Waals surface area (Å²) in [6.45, 7) is 2.18. The number of carbonyl (C=O) groups is 1. The normalized spacial score (nSPS) is 15.3. The van der Waals surface area contributed by atoms with Gasteiger partial charge in [0.05, 0.1) is 17.1 Å². The fourth-order valence-corrected chi connectivity index (χ4v) is 2.84. The number of likely N-dealkylation sites (tertiary alicyclic amines) is 1. The highest BCUT2D eigenvalue weighted by Crippen LogP contribution is 2.18. The first-order valence-corrected chi connectivity index (χ1v) is 8.46. The quantitative estimate of drug-likeness (QED) is 0.796. The lowest BCUT2D eigenvalue weighted by molar-refractivity contribution is 0.0987. The molecule has 0 bridgehead atoms. The van der Waals surface area contributed by atoms with E-state index in [0.717, 1.165) is 37.3 Å². The van der Waals surface area contributed by atoms with Crippen LogP contribution < -0.4 is 0 Å². The minimum Gasteiger partial charge on any atom is -0.306 e. The summed E-state index contributed by atoms with van der Waals surface area (Å²) in [7, 11) is 2.14. The van der Waals surface area contributed by atoms with Gasteiger partial charge in [-0.05, 0) is 50.2 Å². The van der Waals surface area contributed by atoms with Gasteiger partial charge in [-0.2, -0.15) is 0 Å². The number of pyridine rings is 2. The van der Waals surface area contributed by atoms with Crippen LogP contribution in [-0.4, -0.2) is 40.8 Å². The zero-order valence-corrected chi connectivity index (χ0v) is 14.5. The molecule has 0 aliphatic carbocycles. The Kier molecular flexibility index (Phi) is 5.38. The molecule has 0 unspecified atom stereocenters. The topological polar surface area (TPSA) is 46.1 Å². The SMILES string of the molecule is CN1CCC(=Cc2cccc(CC(=O)c3ccc(Cl)cn3)n2)CC1. The maximum absolute atomic E-state index is 12.3. The summed E-state index contributed by atoms with van der Waals surface area (Å²) in [5.41, 5.74) is 3.52. The van der Waals surface area contributed by atoms with Crippen LogP contribution in [0.15, 0.2) is 42.1 Å². The number of rotatable bonds is 4. The van der Waals surface area contributed by atoms with Crippen molar-refractivity contribution in [3.05, 3.63) is 64.2 Å². The van der Waals surface area contributed by atoms with Gasteiger partial charge in [-0.15, -0.1) is 0 Å². The Morgan fingerprint density at radius 3 is 2.75 bits per heavy atom. The second-order valence-electron chi connectivity index (χ2n) is 6.12. The number of Topliss-reactive ketones (excluding diaryl/α,β-unsaturated/α-hetero) is 1. The lowest BCUT2D eigenvalue weighted by Gasteiger charge is -2.23. The van der Waals surface area contributed by atoms with E-state index in [-0.39, 0.29) is 12.2 Å². The number of ketones is 1. The van der Waals surface area contributed by atoms with Crippen molar-refractivity contribution in [2.45, 2.75) is 19.3 Å². The molecule has 4 nitrogen and oxygen atoms in total. The number of halogens is 1. The Morgan fingerprint density at radius 2 is 2.04 bits per heavy atom. The smallest absolute Gasteiger partial charge is 0.187 e. The van der Waals surface area contributed by atoms with Crippen LogP contribution in [0.5, 0.6) is 0 Å². The van der Waals surface area contributed by atoms with Crippen LogP contribution in [0.4, 0.5) is 0 Å². The number of nitrogens with zero attached hydrogens (tertiary/aromatic N) is 3. The summed E-state index contributed by atoms with van der Waals surface area (Å²) < 4.78 is 0. The van der Waals surface area contributed by atoms with Crippen LogP contribution in [0.2, 0.25) is 5.02 Å². The lowest BCUT2D eigenvalue weighted by atomic mass is 10.0. The highest BCUT2D eigenvalue weighted by Gasteiger charge is 2.12. The lowest BCUT2D eigenvalue weighted by Crippen LogP contribution is -2.26. The van der Waals surface area contributed by atoms with Crippen LogP contribution in [-0.2, 0) is 6.42 Å². The molecule has 124 valence electrons. The Morgan fingerprint density at radius 1 is 1.25 bits per heavy atom. The van der Waals surface area contributed by atoms with E-state index in [1.807, 2.05) is 18.2 Å². The predicted molar refractivity (Wildman–Crippen MR) is 96.2 cm³/mol. The van der Waals surface area contributed by atoms with Gasteiger partial charge in [-0.1, -0.05) is 23.2 Å². The first-order chi connectivity index (χ1) is 11.6. The van der Waals surface area contributed by atoms with Crippen molar-refractivity contribution in [1.29, 1.82) is 0 Å². The van der Waals surface area contributed by atoms with Crippen molar-refractivity contribution in [2.24, 2.45) is 0 Å². The zero-order valence-electron chi connectivity index (χ0n) is 13.7. The maximum atomic E-state index is 12.3. The van der Waals surface area contributed by atoms with E-state index >= 15 is 0 Å². The van der Waals surface area contributed by atoms with Crippen LogP contribution in [0.25, 0.3) is 6.08 Å². The molecule has 1 fully saturated rings. The Balaban J connectivity index is 1.70. The Bertz CT molecular complexity index is 745. The summed E-state index contributed by atoms with van der Waals surface area (Å²) in [5.74, 6) is -0.0525. The molecule has 3 heterocycles. The second kappa shape index (κ2) is 7.69. The molecule has 0 spiro atoms. The third-order valence-electron chi connectivity index (χ3n) is 4.16. The molecule has 0 amide bonds. The third kappa shape index (κ3) is 4.49. The summed E-state index contributed by atoms with van der Waals surface area (Å²) in [6.07, 6.45) is 6.05. The van der Waals surface area contributed by atoms with Gasteiger partial charge >= 0.3 is 0 Å². The molecule has 24 heavy (non-hydrogen) atoms. The summed E-state index contributed by atoms with van der Waals surface area (Å²) >= 11 is 5.80. The van der Waals surface area contributed by atoms with E-state index in [9.17, 15) is 4.79 Å².